The number of nitrogens with zero attached hydrogens (tertiary/aromatic N) is 2. The number of halogens is 2. The van der Waals surface area contributed by atoms with Crippen LogP contribution in [0.4, 0.5) is 0 Å². The van der Waals surface area contributed by atoms with Crippen molar-refractivity contribution >= 4 is 45.2 Å². The molecule has 0 unspecified atom stereocenters. The van der Waals surface area contributed by atoms with Crippen LogP contribution in [0.2, 0.25) is 0 Å². The lowest BCUT2D eigenvalue weighted by atomic mass is 10.1. The van der Waals surface area contributed by atoms with Crippen LogP contribution in [0.15, 0.2) is 97.6 Å². The van der Waals surface area contributed by atoms with Crippen LogP contribution in [0.25, 0.3) is 22.5 Å². The number of aromatic nitrogens is 2. The zero-order valence-electron chi connectivity index (χ0n) is 13.9. The van der Waals surface area contributed by atoms with Crippen molar-refractivity contribution < 1.29 is 9.13 Å². The Morgan fingerprint density at radius 2 is 0.731 bits per heavy atom. The molecule has 2 aromatic heterocycles. The summed E-state index contributed by atoms with van der Waals surface area (Å²) in [6.07, 6.45) is 8.44. The lowest BCUT2D eigenvalue weighted by Gasteiger charge is -2.01. The SMILES string of the molecule is Ic1ccc(-[n+]2ccc(-c3cc[n+](-c4ccc(I)cc4)cc3)cc2)cc1. The molecule has 0 bridgehead atoms. The lowest BCUT2D eigenvalue weighted by Crippen LogP contribution is -2.29. The predicted octanol–water partition coefficient (Wildman–Crippen LogP) is 5.12. The zero-order chi connectivity index (χ0) is 17.9. The minimum absolute atomic E-state index is 1.17. The Bertz CT molecular complexity index is 921. The number of hydrogen-bond acceptors (Lipinski definition) is 0. The largest absolute Gasteiger partial charge is 0.210 e. The van der Waals surface area contributed by atoms with Gasteiger partial charge in [0.05, 0.1) is 0 Å². The van der Waals surface area contributed by atoms with Gasteiger partial charge in [-0.05, 0) is 80.6 Å². The molecule has 2 nitrogen and oxygen atoms in total. The molecule has 4 aromatic rings. The van der Waals surface area contributed by atoms with Gasteiger partial charge in [-0.3, -0.25) is 0 Å². The van der Waals surface area contributed by atoms with Gasteiger partial charge in [0.25, 0.3) is 0 Å². The van der Waals surface area contributed by atoms with Crippen LogP contribution in [-0.2, 0) is 0 Å². The zero-order valence-corrected chi connectivity index (χ0v) is 18.2. The Morgan fingerprint density at radius 1 is 0.423 bits per heavy atom. The van der Waals surface area contributed by atoms with E-state index >= 15 is 0 Å². The minimum Gasteiger partial charge on any atom is -0.167 e. The molecule has 0 aliphatic carbocycles. The first-order valence-electron chi connectivity index (χ1n) is 8.24. The van der Waals surface area contributed by atoms with Crippen molar-refractivity contribution in [3.8, 4) is 22.5 Å². The summed E-state index contributed by atoms with van der Waals surface area (Å²) in [7, 11) is 0. The highest BCUT2D eigenvalue weighted by Gasteiger charge is 2.09. The monoisotopic (exact) mass is 562 g/mol. The van der Waals surface area contributed by atoms with Gasteiger partial charge in [0.1, 0.15) is 0 Å². The summed E-state index contributed by atoms with van der Waals surface area (Å²) in [5.41, 5.74) is 4.76. The Balaban J connectivity index is 1.57. The number of pyridine rings is 2. The van der Waals surface area contributed by atoms with E-state index in [0.717, 1.165) is 0 Å². The maximum atomic E-state index is 2.33. The minimum atomic E-state index is 1.17. The third-order valence-corrected chi connectivity index (χ3v) is 5.68. The van der Waals surface area contributed by atoms with Gasteiger partial charge in [-0.1, -0.05) is 0 Å². The smallest absolute Gasteiger partial charge is 0.167 e. The molecule has 126 valence electrons. The third kappa shape index (κ3) is 3.96. The molecule has 0 radical (unpaired) electrons. The maximum Gasteiger partial charge on any atom is 0.210 e. The Morgan fingerprint density at radius 3 is 1.04 bits per heavy atom. The Hall–Kier alpha value is -1.80. The van der Waals surface area contributed by atoms with Crippen LogP contribution in [0.3, 0.4) is 0 Å². The normalized spacial score (nSPS) is 10.7. The maximum absolute atomic E-state index is 2.33. The molecule has 0 saturated carbocycles. The van der Waals surface area contributed by atoms with Gasteiger partial charge in [-0.15, -0.1) is 0 Å². The second-order valence-electron chi connectivity index (χ2n) is 5.94. The van der Waals surface area contributed by atoms with Gasteiger partial charge in [0, 0.05) is 55.7 Å². The van der Waals surface area contributed by atoms with Crippen molar-refractivity contribution in [1.29, 1.82) is 0 Å². The summed E-state index contributed by atoms with van der Waals surface area (Å²) in [4.78, 5) is 0. The number of benzene rings is 2. The van der Waals surface area contributed by atoms with E-state index in [4.69, 9.17) is 0 Å². The fraction of sp³-hybridized carbons (Fsp3) is 0. The third-order valence-electron chi connectivity index (χ3n) is 4.24. The summed E-state index contributed by atoms with van der Waals surface area (Å²) in [5.74, 6) is 0. The fourth-order valence-electron chi connectivity index (χ4n) is 2.81. The average molecular weight is 562 g/mol. The highest BCUT2D eigenvalue weighted by Crippen LogP contribution is 2.17. The molecular weight excluding hydrogens is 546 g/mol. The molecule has 0 atom stereocenters. The molecule has 2 aromatic carbocycles. The standard InChI is InChI=1S/C22H16I2N2/c23-19-1-5-21(6-2-19)25-13-9-17(10-14-25)18-11-15-26(16-12-18)22-7-3-20(24)4-8-22/h1-16H/q+2. The molecule has 26 heavy (non-hydrogen) atoms. The van der Waals surface area contributed by atoms with Crippen molar-refractivity contribution in [2.45, 2.75) is 0 Å². The second-order valence-corrected chi connectivity index (χ2v) is 8.43. The number of hydrogen-bond donors (Lipinski definition) is 0. The summed E-state index contributed by atoms with van der Waals surface area (Å²) in [6.45, 7) is 0. The van der Waals surface area contributed by atoms with E-state index < -0.39 is 0 Å². The predicted molar refractivity (Wildman–Crippen MR) is 120 cm³/mol. The molecule has 0 amide bonds. The summed E-state index contributed by atoms with van der Waals surface area (Å²) < 4.78 is 6.76. The molecule has 2 heterocycles. The van der Waals surface area contributed by atoms with Crippen LogP contribution in [-0.4, -0.2) is 0 Å². The van der Waals surface area contributed by atoms with E-state index in [2.05, 4.69) is 152 Å². The van der Waals surface area contributed by atoms with E-state index in [0.29, 0.717) is 0 Å². The van der Waals surface area contributed by atoms with Gasteiger partial charge >= 0.3 is 0 Å². The highest BCUT2D eigenvalue weighted by molar-refractivity contribution is 14.1. The van der Waals surface area contributed by atoms with Crippen LogP contribution in [0, 0.1) is 7.14 Å². The van der Waals surface area contributed by atoms with Crippen molar-refractivity contribution in [1.82, 2.24) is 0 Å². The van der Waals surface area contributed by atoms with E-state index in [9.17, 15) is 0 Å². The van der Waals surface area contributed by atoms with Gasteiger partial charge in [-0.25, -0.2) is 0 Å². The average Bonchev–Trinajstić information content (AvgIpc) is 2.70. The summed E-state index contributed by atoms with van der Waals surface area (Å²) in [6, 6.07) is 25.6. The van der Waals surface area contributed by atoms with Crippen LogP contribution >= 0.6 is 45.2 Å². The molecule has 4 heteroatoms. The van der Waals surface area contributed by atoms with E-state index in [1.165, 1.54) is 29.6 Å². The van der Waals surface area contributed by atoms with Crippen molar-refractivity contribution in [2.75, 3.05) is 0 Å². The van der Waals surface area contributed by atoms with Crippen molar-refractivity contribution in [2.24, 2.45) is 0 Å². The van der Waals surface area contributed by atoms with Crippen LogP contribution in [0.5, 0.6) is 0 Å². The Kier molecular flexibility index (Phi) is 5.31. The van der Waals surface area contributed by atoms with Gasteiger partial charge < -0.3 is 0 Å². The molecule has 0 N–H and O–H groups in total. The summed E-state index contributed by atoms with van der Waals surface area (Å²) in [5, 5.41) is 0. The first-order valence-corrected chi connectivity index (χ1v) is 10.4. The van der Waals surface area contributed by atoms with E-state index in [1.807, 2.05) is 0 Å². The van der Waals surface area contributed by atoms with Crippen LogP contribution in [0.1, 0.15) is 0 Å². The molecule has 0 fully saturated rings. The molecular formula is C22H16I2N2+2. The lowest BCUT2D eigenvalue weighted by molar-refractivity contribution is -0.596. The first kappa shape index (κ1) is 17.6. The molecule has 0 spiro atoms. The quantitative estimate of drug-likeness (QED) is 0.242. The van der Waals surface area contributed by atoms with Gasteiger partial charge in [-0.2, -0.15) is 9.13 Å². The summed E-state index contributed by atoms with van der Waals surface area (Å²) >= 11 is 4.65. The first-order chi connectivity index (χ1) is 12.7. The second kappa shape index (κ2) is 7.84. The van der Waals surface area contributed by atoms with Crippen molar-refractivity contribution in [3.05, 3.63) is 105 Å². The highest BCUT2D eigenvalue weighted by atomic mass is 127. The van der Waals surface area contributed by atoms with E-state index in [-0.39, 0.29) is 0 Å². The topological polar surface area (TPSA) is 7.76 Å². The van der Waals surface area contributed by atoms with Crippen LogP contribution < -0.4 is 9.13 Å². The van der Waals surface area contributed by atoms with Crippen molar-refractivity contribution in [3.63, 3.8) is 0 Å². The molecule has 0 aliphatic heterocycles. The van der Waals surface area contributed by atoms with E-state index in [1.54, 1.807) is 0 Å². The van der Waals surface area contributed by atoms with Gasteiger partial charge in [0.15, 0.2) is 24.8 Å². The Labute approximate surface area is 180 Å². The molecule has 4 rings (SSSR count). The molecule has 0 saturated heterocycles. The fourth-order valence-corrected chi connectivity index (χ4v) is 3.53. The molecule has 0 aliphatic rings. The number of rotatable bonds is 3. The van der Waals surface area contributed by atoms with Gasteiger partial charge in [0.2, 0.25) is 11.4 Å².